The highest BCUT2D eigenvalue weighted by Gasteiger charge is 2.58. The molecule has 0 spiro atoms. The Morgan fingerprint density at radius 2 is 1.43 bits per heavy atom. The van der Waals surface area contributed by atoms with Crippen molar-refractivity contribution in [1.82, 2.24) is 0 Å². The van der Waals surface area contributed by atoms with Crippen molar-refractivity contribution in [3.8, 4) is 0 Å². The van der Waals surface area contributed by atoms with Gasteiger partial charge in [-0.25, -0.2) is 0 Å². The number of aliphatic hydroxyl groups is 1. The Labute approximate surface area is 130 Å². The standard InChI is InChI=1S/C19H34O2/c1-6-17(2,3)16(20)21-18(4,5)19-10-13-7-14(11-19)9-15(8-13)12-19/h13-16,20H,6-12H2,1-5H3/t13?,14?,15?,16-,19?/m1/s1. The average molecular weight is 294 g/mol. The van der Waals surface area contributed by atoms with Gasteiger partial charge in [0.05, 0.1) is 5.60 Å². The van der Waals surface area contributed by atoms with Crippen molar-refractivity contribution in [1.29, 1.82) is 0 Å². The van der Waals surface area contributed by atoms with Crippen LogP contribution in [0.2, 0.25) is 0 Å². The van der Waals surface area contributed by atoms with E-state index in [-0.39, 0.29) is 11.0 Å². The second kappa shape index (κ2) is 4.96. The zero-order chi connectivity index (χ0) is 15.5. The fourth-order valence-electron chi connectivity index (χ4n) is 5.59. The Kier molecular flexibility index (Phi) is 3.73. The lowest BCUT2D eigenvalue weighted by Gasteiger charge is -2.62. The number of hydrogen-bond donors (Lipinski definition) is 1. The lowest BCUT2D eigenvalue weighted by atomic mass is 9.46. The summed E-state index contributed by atoms with van der Waals surface area (Å²) in [5.74, 6) is 2.78. The van der Waals surface area contributed by atoms with E-state index < -0.39 is 6.29 Å². The first kappa shape index (κ1) is 15.8. The maximum Gasteiger partial charge on any atom is 0.160 e. The van der Waals surface area contributed by atoms with E-state index in [9.17, 15) is 5.11 Å². The second-order valence-electron chi connectivity index (χ2n) is 9.52. The van der Waals surface area contributed by atoms with Gasteiger partial charge in [0.15, 0.2) is 6.29 Å². The molecule has 0 radical (unpaired) electrons. The van der Waals surface area contributed by atoms with Gasteiger partial charge < -0.3 is 9.84 Å². The zero-order valence-corrected chi connectivity index (χ0v) is 14.6. The van der Waals surface area contributed by atoms with Crippen molar-refractivity contribution in [2.24, 2.45) is 28.6 Å². The highest BCUT2D eigenvalue weighted by atomic mass is 16.6. The minimum Gasteiger partial charge on any atom is -0.367 e. The fourth-order valence-corrected chi connectivity index (χ4v) is 5.59. The number of rotatable bonds is 5. The smallest absolute Gasteiger partial charge is 0.160 e. The van der Waals surface area contributed by atoms with Crippen LogP contribution in [-0.4, -0.2) is 17.0 Å². The Morgan fingerprint density at radius 3 is 1.81 bits per heavy atom. The van der Waals surface area contributed by atoms with Crippen LogP contribution in [0.25, 0.3) is 0 Å². The number of hydrogen-bond acceptors (Lipinski definition) is 2. The largest absolute Gasteiger partial charge is 0.367 e. The molecule has 0 aromatic rings. The minimum absolute atomic E-state index is 0.167. The molecule has 0 aromatic carbocycles. The molecule has 0 heterocycles. The third kappa shape index (κ3) is 2.57. The van der Waals surface area contributed by atoms with Gasteiger partial charge in [-0.15, -0.1) is 0 Å². The van der Waals surface area contributed by atoms with E-state index in [1.807, 2.05) is 0 Å². The van der Waals surface area contributed by atoms with Crippen LogP contribution in [-0.2, 0) is 4.74 Å². The molecular weight excluding hydrogens is 260 g/mol. The molecule has 4 aliphatic carbocycles. The predicted octanol–water partition coefficient (Wildman–Crippen LogP) is 4.75. The molecule has 2 nitrogen and oxygen atoms in total. The fraction of sp³-hybridized carbons (Fsp3) is 1.00. The molecule has 0 amide bonds. The summed E-state index contributed by atoms with van der Waals surface area (Å²) in [6.07, 6.45) is 8.62. The average Bonchev–Trinajstić information content (AvgIpc) is 2.36. The van der Waals surface area contributed by atoms with Crippen molar-refractivity contribution < 1.29 is 9.84 Å². The monoisotopic (exact) mass is 294 g/mol. The molecule has 1 atom stereocenters. The lowest BCUT2D eigenvalue weighted by Crippen LogP contribution is -2.58. The van der Waals surface area contributed by atoms with E-state index in [0.717, 1.165) is 24.2 Å². The van der Waals surface area contributed by atoms with Gasteiger partial charge in [-0.2, -0.15) is 0 Å². The van der Waals surface area contributed by atoms with Crippen LogP contribution in [0, 0.1) is 28.6 Å². The first-order valence-corrected chi connectivity index (χ1v) is 9.03. The van der Waals surface area contributed by atoms with Gasteiger partial charge in [-0.3, -0.25) is 0 Å². The molecule has 0 aliphatic heterocycles. The summed E-state index contributed by atoms with van der Waals surface area (Å²) >= 11 is 0. The van der Waals surface area contributed by atoms with Gasteiger partial charge in [0.2, 0.25) is 0 Å². The quantitative estimate of drug-likeness (QED) is 0.741. The van der Waals surface area contributed by atoms with Crippen LogP contribution in [0.15, 0.2) is 0 Å². The summed E-state index contributed by atoms with van der Waals surface area (Å²) in [5.41, 5.74) is -0.0685. The van der Waals surface area contributed by atoms with Crippen LogP contribution >= 0.6 is 0 Å². The Morgan fingerprint density at radius 1 is 1.00 bits per heavy atom. The minimum atomic E-state index is -0.662. The predicted molar refractivity (Wildman–Crippen MR) is 85.8 cm³/mol. The van der Waals surface area contributed by atoms with E-state index in [1.165, 1.54) is 38.5 Å². The summed E-state index contributed by atoms with van der Waals surface area (Å²) in [7, 11) is 0. The Hall–Kier alpha value is -0.0800. The molecule has 21 heavy (non-hydrogen) atoms. The van der Waals surface area contributed by atoms with Gasteiger partial charge in [-0.1, -0.05) is 20.8 Å². The molecule has 2 heteroatoms. The van der Waals surface area contributed by atoms with Crippen LogP contribution in [0.5, 0.6) is 0 Å². The molecule has 122 valence electrons. The molecule has 4 aliphatic rings. The van der Waals surface area contributed by atoms with Gasteiger partial charge in [0.25, 0.3) is 0 Å². The van der Waals surface area contributed by atoms with Crippen LogP contribution in [0.4, 0.5) is 0 Å². The van der Waals surface area contributed by atoms with Gasteiger partial charge in [0, 0.05) is 5.41 Å². The summed E-state index contributed by atoms with van der Waals surface area (Å²) in [6, 6.07) is 0. The Balaban J connectivity index is 1.78. The molecule has 4 bridgehead atoms. The molecular formula is C19H34O2. The molecule has 0 aromatic heterocycles. The molecule has 1 N–H and O–H groups in total. The van der Waals surface area contributed by atoms with Crippen molar-refractivity contribution >= 4 is 0 Å². The maximum absolute atomic E-state index is 10.6. The van der Waals surface area contributed by atoms with E-state index in [1.54, 1.807) is 0 Å². The van der Waals surface area contributed by atoms with Crippen molar-refractivity contribution in [2.45, 2.75) is 91.5 Å². The highest BCUT2D eigenvalue weighted by molar-refractivity contribution is 5.08. The number of ether oxygens (including phenoxy) is 1. The zero-order valence-electron chi connectivity index (χ0n) is 14.6. The van der Waals surface area contributed by atoms with Crippen LogP contribution < -0.4 is 0 Å². The topological polar surface area (TPSA) is 29.5 Å². The van der Waals surface area contributed by atoms with Gasteiger partial charge in [-0.05, 0) is 82.0 Å². The van der Waals surface area contributed by atoms with E-state index in [4.69, 9.17) is 4.74 Å². The van der Waals surface area contributed by atoms with Gasteiger partial charge in [0.1, 0.15) is 0 Å². The van der Waals surface area contributed by atoms with E-state index in [2.05, 4.69) is 34.6 Å². The normalized spacial score (nSPS) is 40.6. The van der Waals surface area contributed by atoms with Crippen LogP contribution in [0.3, 0.4) is 0 Å². The van der Waals surface area contributed by atoms with Crippen LogP contribution in [0.1, 0.15) is 79.6 Å². The maximum atomic E-state index is 10.6. The molecule has 0 unspecified atom stereocenters. The molecule has 4 rings (SSSR count). The third-order valence-electron chi connectivity index (χ3n) is 7.30. The molecule has 4 fully saturated rings. The van der Waals surface area contributed by atoms with Crippen molar-refractivity contribution in [2.75, 3.05) is 0 Å². The summed E-state index contributed by atoms with van der Waals surface area (Å²) < 4.78 is 6.33. The van der Waals surface area contributed by atoms with E-state index >= 15 is 0 Å². The second-order valence-corrected chi connectivity index (χ2v) is 9.52. The van der Waals surface area contributed by atoms with Gasteiger partial charge >= 0.3 is 0 Å². The van der Waals surface area contributed by atoms with Crippen molar-refractivity contribution in [3.05, 3.63) is 0 Å². The van der Waals surface area contributed by atoms with E-state index in [0.29, 0.717) is 5.41 Å². The first-order chi connectivity index (χ1) is 9.67. The SMILES string of the molecule is CCC(C)(C)[C@H](O)OC(C)(C)C12CC3CC(CC(C3)C1)C2. The first-order valence-electron chi connectivity index (χ1n) is 9.03. The summed E-state index contributed by atoms with van der Waals surface area (Å²) in [5, 5.41) is 10.6. The molecule has 0 saturated heterocycles. The third-order valence-corrected chi connectivity index (χ3v) is 7.30. The number of aliphatic hydroxyl groups excluding tert-OH is 1. The van der Waals surface area contributed by atoms with Crippen molar-refractivity contribution in [3.63, 3.8) is 0 Å². The highest BCUT2D eigenvalue weighted by Crippen LogP contribution is 2.64. The summed E-state index contributed by atoms with van der Waals surface area (Å²) in [4.78, 5) is 0. The molecule has 4 saturated carbocycles. The Bertz CT molecular complexity index is 361. The summed E-state index contributed by atoms with van der Waals surface area (Å²) in [6.45, 7) is 10.8. The lowest BCUT2D eigenvalue weighted by molar-refractivity contribution is -0.277.